The summed E-state index contributed by atoms with van der Waals surface area (Å²) < 4.78 is 0. The lowest BCUT2D eigenvalue weighted by molar-refractivity contribution is -0.897. The van der Waals surface area contributed by atoms with Gasteiger partial charge in [0.1, 0.15) is 12.3 Å². The first-order chi connectivity index (χ1) is 12.0. The summed E-state index contributed by atoms with van der Waals surface area (Å²) >= 11 is 6.13. The summed E-state index contributed by atoms with van der Waals surface area (Å²) in [6.45, 7) is 3.73. The lowest BCUT2D eigenvalue weighted by Gasteiger charge is -2.38. The standard InChI is InChI=1S/C21H22ClNO2.BrH/c1-16(24)21(17-7-3-2-4-8-17)11-13-23(14-12-21)15-20(25)18-9-5-6-10-19(18)22;/h2-10H,11-15H2,1H3;1H. The van der Waals surface area contributed by atoms with E-state index in [0.29, 0.717) is 17.1 Å². The molecule has 3 nitrogen and oxygen atoms in total. The molecule has 26 heavy (non-hydrogen) atoms. The maximum absolute atomic E-state index is 12.5. The lowest BCUT2D eigenvalue weighted by atomic mass is 9.70. The van der Waals surface area contributed by atoms with Crippen molar-refractivity contribution in [2.45, 2.75) is 25.2 Å². The van der Waals surface area contributed by atoms with Gasteiger partial charge in [-0.15, -0.1) is 0 Å². The molecule has 0 atom stereocenters. The number of halogens is 2. The molecular weight excluding hydrogens is 414 g/mol. The van der Waals surface area contributed by atoms with Crippen LogP contribution >= 0.6 is 11.6 Å². The molecule has 1 aliphatic rings. The van der Waals surface area contributed by atoms with E-state index >= 15 is 0 Å². The first-order valence-electron chi connectivity index (χ1n) is 8.71. The second-order valence-corrected chi connectivity index (χ2v) is 7.24. The largest absolute Gasteiger partial charge is 1.00 e. The van der Waals surface area contributed by atoms with Gasteiger partial charge in [-0.3, -0.25) is 9.59 Å². The third-order valence-corrected chi connectivity index (χ3v) is 5.73. The number of piperidine rings is 1. The fourth-order valence-corrected chi connectivity index (χ4v) is 4.06. The number of ketones is 2. The van der Waals surface area contributed by atoms with Gasteiger partial charge in [0.05, 0.1) is 23.5 Å². The van der Waals surface area contributed by atoms with E-state index in [-0.39, 0.29) is 28.5 Å². The van der Waals surface area contributed by atoms with Crippen LogP contribution in [0, 0.1) is 0 Å². The van der Waals surface area contributed by atoms with Crippen LogP contribution in [0.5, 0.6) is 0 Å². The maximum Gasteiger partial charge on any atom is 0.218 e. The van der Waals surface area contributed by atoms with Crippen molar-refractivity contribution in [1.29, 1.82) is 0 Å². The van der Waals surface area contributed by atoms with Crippen LogP contribution in [-0.4, -0.2) is 31.2 Å². The molecule has 0 aliphatic carbocycles. The first kappa shape index (κ1) is 20.8. The number of benzene rings is 2. The smallest absolute Gasteiger partial charge is 0.218 e. The van der Waals surface area contributed by atoms with E-state index < -0.39 is 5.41 Å². The number of hydrogen-bond donors (Lipinski definition) is 1. The number of nitrogens with one attached hydrogen (secondary N) is 1. The molecule has 0 aromatic heterocycles. The van der Waals surface area contributed by atoms with Crippen LogP contribution in [0.3, 0.4) is 0 Å². The van der Waals surface area contributed by atoms with Crippen molar-refractivity contribution >= 4 is 23.2 Å². The summed E-state index contributed by atoms with van der Waals surface area (Å²) in [5, 5.41) is 0.506. The zero-order valence-electron chi connectivity index (χ0n) is 14.8. The molecule has 0 saturated carbocycles. The van der Waals surface area contributed by atoms with Gasteiger partial charge in [-0.2, -0.15) is 0 Å². The average molecular weight is 437 g/mol. The molecule has 0 radical (unpaired) electrons. The predicted octanol–water partition coefficient (Wildman–Crippen LogP) is -0.268. The van der Waals surface area contributed by atoms with Gasteiger partial charge in [-0.25, -0.2) is 0 Å². The molecule has 5 heteroatoms. The van der Waals surface area contributed by atoms with E-state index in [2.05, 4.69) is 0 Å². The number of carbonyl (C=O) groups is 2. The van der Waals surface area contributed by atoms with E-state index in [1.807, 2.05) is 42.5 Å². The number of rotatable bonds is 5. The predicted molar refractivity (Wildman–Crippen MR) is 99.4 cm³/mol. The molecule has 1 fully saturated rings. The Balaban J connectivity index is 0.00000243. The highest BCUT2D eigenvalue weighted by molar-refractivity contribution is 6.34. The SMILES string of the molecule is CC(=O)C1(c2ccccc2)CC[NH+](CC(=O)c2ccccc2Cl)CC1.[Br-]. The molecule has 138 valence electrons. The zero-order valence-corrected chi connectivity index (χ0v) is 17.1. The maximum atomic E-state index is 12.5. The third-order valence-electron chi connectivity index (χ3n) is 5.40. The second-order valence-electron chi connectivity index (χ2n) is 6.83. The monoisotopic (exact) mass is 435 g/mol. The van der Waals surface area contributed by atoms with Gasteiger partial charge in [-0.05, 0) is 24.6 Å². The minimum Gasteiger partial charge on any atom is -1.00 e. The van der Waals surface area contributed by atoms with Crippen LogP contribution < -0.4 is 21.9 Å². The van der Waals surface area contributed by atoms with Gasteiger partial charge >= 0.3 is 0 Å². The third kappa shape index (κ3) is 4.25. The number of carbonyl (C=O) groups excluding carboxylic acids is 2. The first-order valence-corrected chi connectivity index (χ1v) is 9.08. The molecule has 1 saturated heterocycles. The van der Waals surface area contributed by atoms with Crippen molar-refractivity contribution in [2.24, 2.45) is 0 Å². The fourth-order valence-electron chi connectivity index (χ4n) is 3.82. The van der Waals surface area contributed by atoms with Crippen LogP contribution in [0.1, 0.15) is 35.7 Å². The minimum absolute atomic E-state index is 0. The summed E-state index contributed by atoms with van der Waals surface area (Å²) in [5.74, 6) is 0.283. The Hall–Kier alpha value is -1.49. The normalized spacial score (nSPS) is 22.3. The Morgan fingerprint density at radius 1 is 1.00 bits per heavy atom. The number of likely N-dealkylation sites (tertiary alicyclic amines) is 1. The van der Waals surface area contributed by atoms with Crippen LogP contribution in [0.2, 0.25) is 5.02 Å². The Kier molecular flexibility index (Phi) is 7.16. The molecule has 3 rings (SSSR count). The quantitative estimate of drug-likeness (QED) is 0.656. The molecule has 1 heterocycles. The van der Waals surface area contributed by atoms with Gasteiger partial charge in [0, 0.05) is 18.4 Å². The summed E-state index contributed by atoms with van der Waals surface area (Å²) in [5.41, 5.74) is 1.28. The van der Waals surface area contributed by atoms with Crippen LogP contribution in [0.4, 0.5) is 0 Å². The van der Waals surface area contributed by atoms with E-state index in [4.69, 9.17) is 11.6 Å². The van der Waals surface area contributed by atoms with E-state index in [1.165, 1.54) is 4.90 Å². The number of Topliss-reactive ketones (excluding diaryl/α,β-unsaturated/α-hetero) is 2. The number of quaternary nitrogens is 1. The zero-order chi connectivity index (χ0) is 17.9. The van der Waals surface area contributed by atoms with Crippen LogP contribution in [0.25, 0.3) is 0 Å². The fraction of sp³-hybridized carbons (Fsp3) is 0.333. The molecule has 0 spiro atoms. The molecule has 0 unspecified atom stereocenters. The van der Waals surface area contributed by atoms with E-state index in [9.17, 15) is 9.59 Å². The van der Waals surface area contributed by atoms with Crippen LogP contribution in [0.15, 0.2) is 54.6 Å². The molecule has 0 bridgehead atoms. The molecule has 1 N–H and O–H groups in total. The summed E-state index contributed by atoms with van der Waals surface area (Å²) in [4.78, 5) is 26.2. The van der Waals surface area contributed by atoms with Crippen molar-refractivity contribution in [2.75, 3.05) is 19.6 Å². The lowest BCUT2D eigenvalue weighted by Crippen LogP contribution is -3.14. The highest BCUT2D eigenvalue weighted by Gasteiger charge is 2.42. The van der Waals surface area contributed by atoms with Gasteiger partial charge in [-0.1, -0.05) is 54.1 Å². The molecular formula is C21H23BrClNO2. The average Bonchev–Trinajstić information content (AvgIpc) is 2.63. The number of hydrogen-bond acceptors (Lipinski definition) is 2. The Labute approximate surface area is 170 Å². The van der Waals surface area contributed by atoms with Crippen molar-refractivity contribution in [1.82, 2.24) is 0 Å². The minimum atomic E-state index is -0.405. The second kappa shape index (κ2) is 8.94. The molecule has 2 aromatic rings. The van der Waals surface area contributed by atoms with E-state index in [1.54, 1.807) is 19.1 Å². The molecule has 1 aliphatic heterocycles. The van der Waals surface area contributed by atoms with E-state index in [0.717, 1.165) is 31.5 Å². The van der Waals surface area contributed by atoms with Crippen molar-refractivity contribution in [3.8, 4) is 0 Å². The summed E-state index contributed by atoms with van der Waals surface area (Å²) in [6, 6.07) is 17.2. The Bertz CT molecular complexity index is 771. The van der Waals surface area contributed by atoms with Crippen molar-refractivity contribution < 1.29 is 31.5 Å². The Morgan fingerprint density at radius 2 is 1.58 bits per heavy atom. The highest BCUT2D eigenvalue weighted by Crippen LogP contribution is 2.33. The molecule has 0 amide bonds. The van der Waals surface area contributed by atoms with Crippen molar-refractivity contribution in [3.05, 3.63) is 70.7 Å². The van der Waals surface area contributed by atoms with Gasteiger partial charge in [0.15, 0.2) is 0 Å². The molecule has 2 aromatic carbocycles. The van der Waals surface area contributed by atoms with Crippen molar-refractivity contribution in [3.63, 3.8) is 0 Å². The van der Waals surface area contributed by atoms with Crippen LogP contribution in [-0.2, 0) is 10.2 Å². The summed E-state index contributed by atoms with van der Waals surface area (Å²) in [7, 11) is 0. The topological polar surface area (TPSA) is 38.6 Å². The van der Waals surface area contributed by atoms with Gasteiger partial charge in [0.2, 0.25) is 5.78 Å². The van der Waals surface area contributed by atoms with Gasteiger partial charge < -0.3 is 21.9 Å². The summed E-state index contributed by atoms with van der Waals surface area (Å²) in [6.07, 6.45) is 1.55. The van der Waals surface area contributed by atoms with Gasteiger partial charge in [0.25, 0.3) is 0 Å². The Morgan fingerprint density at radius 3 is 2.15 bits per heavy atom. The highest BCUT2D eigenvalue weighted by atomic mass is 79.9.